The van der Waals surface area contributed by atoms with Crippen molar-refractivity contribution in [1.82, 2.24) is 5.32 Å². The molecule has 3 fully saturated rings. The van der Waals surface area contributed by atoms with E-state index in [0.717, 1.165) is 25.1 Å². The number of benzene rings is 1. The molecule has 2 saturated carbocycles. The molecule has 0 bridgehead atoms. The summed E-state index contributed by atoms with van der Waals surface area (Å²) in [6, 6.07) is 7.60. The maximum atomic E-state index is 11.2. The zero-order chi connectivity index (χ0) is 14.2. The Morgan fingerprint density at radius 2 is 1.85 bits per heavy atom. The fourth-order valence-electron chi connectivity index (χ4n) is 2.62. The van der Waals surface area contributed by atoms with Crippen LogP contribution in [0.5, 0.6) is 0 Å². The second kappa shape index (κ2) is 5.37. The number of para-hydroxylation sites is 1. The third-order valence-electron chi connectivity index (χ3n) is 4.23. The van der Waals surface area contributed by atoms with Crippen LogP contribution in [0.25, 0.3) is 0 Å². The van der Waals surface area contributed by atoms with Gasteiger partial charge in [0.15, 0.2) is 0 Å². The lowest BCUT2D eigenvalue weighted by Crippen LogP contribution is -2.14. The van der Waals surface area contributed by atoms with E-state index in [1.165, 1.54) is 18.1 Å². The third kappa shape index (κ3) is 3.73. The van der Waals surface area contributed by atoms with Crippen LogP contribution in [0.4, 0.5) is 5.69 Å². The molecule has 20 heavy (non-hydrogen) atoms. The van der Waals surface area contributed by atoms with Gasteiger partial charge in [-0.3, -0.25) is 4.72 Å². The molecule has 2 N–H and O–H groups in total. The summed E-state index contributed by atoms with van der Waals surface area (Å²) in [5, 5.41) is 3.28. The second-order valence-electron chi connectivity index (χ2n) is 6.14. The lowest BCUT2D eigenvalue weighted by atomic mass is 9.97. The molecule has 1 aromatic carbocycles. The van der Waals surface area contributed by atoms with E-state index in [9.17, 15) is 8.42 Å². The Labute approximate surface area is 121 Å². The minimum Gasteiger partial charge on any atom is -0.316 e. The zero-order valence-electron chi connectivity index (χ0n) is 11.8. The van der Waals surface area contributed by atoms with Crippen LogP contribution in [0.15, 0.2) is 24.3 Å². The minimum absolute atomic E-state index is 0.408. The van der Waals surface area contributed by atoms with Gasteiger partial charge in [-0.1, -0.05) is 18.2 Å². The van der Waals surface area contributed by atoms with Gasteiger partial charge in [-0.2, -0.15) is 0 Å². The van der Waals surface area contributed by atoms with Crippen LogP contribution in [0.1, 0.15) is 30.7 Å². The van der Waals surface area contributed by atoms with Gasteiger partial charge in [0.2, 0.25) is 10.0 Å². The molecule has 1 heterocycles. The summed E-state index contributed by atoms with van der Waals surface area (Å²) in [6.07, 6.45) is 5.40. The number of hydrogen-bond donors (Lipinski definition) is 2. The predicted octanol–water partition coefficient (Wildman–Crippen LogP) is 2.16. The molecule has 3 aliphatic rings. The van der Waals surface area contributed by atoms with Crippen molar-refractivity contribution in [1.29, 1.82) is 0 Å². The summed E-state index contributed by atoms with van der Waals surface area (Å²) in [5.74, 6) is 2.91. The number of anilines is 1. The van der Waals surface area contributed by atoms with E-state index in [4.69, 9.17) is 0 Å². The number of fused-ring (bicyclic) bond motifs is 1. The van der Waals surface area contributed by atoms with Gasteiger partial charge in [-0.05, 0) is 55.2 Å². The van der Waals surface area contributed by atoms with Crippen molar-refractivity contribution in [2.75, 3.05) is 24.1 Å². The Morgan fingerprint density at radius 1 is 1.20 bits per heavy atom. The monoisotopic (exact) mass is 294 g/mol. The van der Waals surface area contributed by atoms with Crippen molar-refractivity contribution in [3.8, 4) is 0 Å². The molecule has 0 radical (unpaired) electrons. The topological polar surface area (TPSA) is 58.2 Å². The number of hydrogen-bond acceptors (Lipinski definition) is 3. The van der Waals surface area contributed by atoms with Crippen LogP contribution in [0, 0.1) is 11.8 Å². The quantitative estimate of drug-likeness (QED) is 0.898. The van der Waals surface area contributed by atoms with Crippen molar-refractivity contribution >= 4 is 15.7 Å². The van der Waals surface area contributed by atoms with Gasteiger partial charge in [0.25, 0.3) is 0 Å². The lowest BCUT2D eigenvalue weighted by Gasteiger charge is -2.15. The SMILES string of the molecule is C1C2CC12.CS(=O)(=O)Nc1ccccc1C1CCNC1. The molecule has 1 atom stereocenters. The highest BCUT2D eigenvalue weighted by molar-refractivity contribution is 7.92. The Kier molecular flexibility index (Phi) is 3.73. The van der Waals surface area contributed by atoms with E-state index < -0.39 is 10.0 Å². The molecule has 0 amide bonds. The number of sulfonamides is 1. The first-order valence-electron chi connectivity index (χ1n) is 7.30. The van der Waals surface area contributed by atoms with Crippen LogP contribution >= 0.6 is 0 Å². The first-order chi connectivity index (χ1) is 9.53. The van der Waals surface area contributed by atoms with Crippen molar-refractivity contribution in [3.63, 3.8) is 0 Å². The molecular formula is C15H22N2O2S. The average Bonchev–Trinajstić information content (AvgIpc) is 3.20. The summed E-state index contributed by atoms with van der Waals surface area (Å²) in [6.45, 7) is 1.92. The normalized spacial score (nSPS) is 29.9. The zero-order valence-corrected chi connectivity index (χ0v) is 12.6. The Morgan fingerprint density at radius 3 is 2.35 bits per heavy atom. The first kappa shape index (κ1) is 13.9. The molecule has 0 aromatic heterocycles. The molecule has 0 spiro atoms. The van der Waals surface area contributed by atoms with Gasteiger partial charge in [-0.25, -0.2) is 8.42 Å². The number of nitrogens with one attached hydrogen (secondary N) is 2. The molecular weight excluding hydrogens is 272 g/mol. The second-order valence-corrected chi connectivity index (χ2v) is 7.89. The maximum Gasteiger partial charge on any atom is 0.229 e. The summed E-state index contributed by atoms with van der Waals surface area (Å²) in [4.78, 5) is 0. The fraction of sp³-hybridized carbons (Fsp3) is 0.600. The summed E-state index contributed by atoms with van der Waals surface area (Å²) >= 11 is 0. The van der Waals surface area contributed by atoms with Crippen molar-refractivity contribution in [3.05, 3.63) is 29.8 Å². The molecule has 1 aromatic rings. The van der Waals surface area contributed by atoms with Gasteiger partial charge < -0.3 is 5.32 Å². The highest BCUT2D eigenvalue weighted by atomic mass is 32.2. The van der Waals surface area contributed by atoms with Gasteiger partial charge in [-0.15, -0.1) is 0 Å². The van der Waals surface area contributed by atoms with Gasteiger partial charge in [0.05, 0.1) is 11.9 Å². The highest BCUT2D eigenvalue weighted by Crippen LogP contribution is 2.62. The standard InChI is InChI=1S/C11H16N2O2S.C4H6/c1-16(14,15)13-11-5-3-2-4-10(11)9-6-7-12-8-9;1-3-2-4(1)3/h2-5,9,12-13H,6-8H2,1H3;3-4H,1-2H2. The van der Waals surface area contributed by atoms with Crippen LogP contribution in [-0.4, -0.2) is 27.8 Å². The van der Waals surface area contributed by atoms with Crippen molar-refractivity contribution in [2.24, 2.45) is 11.8 Å². The van der Waals surface area contributed by atoms with E-state index >= 15 is 0 Å². The van der Waals surface area contributed by atoms with Crippen LogP contribution in [0.2, 0.25) is 0 Å². The molecule has 110 valence electrons. The first-order valence-corrected chi connectivity index (χ1v) is 9.19. The summed E-state index contributed by atoms with van der Waals surface area (Å²) in [7, 11) is -3.20. The van der Waals surface area contributed by atoms with E-state index in [2.05, 4.69) is 10.0 Å². The lowest BCUT2D eigenvalue weighted by molar-refractivity contribution is 0.606. The Bertz CT molecular complexity index is 567. The molecule has 1 unspecified atom stereocenters. The van der Waals surface area contributed by atoms with Crippen LogP contribution < -0.4 is 10.0 Å². The average molecular weight is 294 g/mol. The number of rotatable bonds is 3. The third-order valence-corrected chi connectivity index (χ3v) is 4.82. The molecule has 4 nitrogen and oxygen atoms in total. The highest BCUT2D eigenvalue weighted by Gasteiger charge is 2.52. The van der Waals surface area contributed by atoms with Crippen LogP contribution in [0.3, 0.4) is 0 Å². The van der Waals surface area contributed by atoms with E-state index in [1.807, 2.05) is 24.3 Å². The summed E-state index contributed by atoms with van der Waals surface area (Å²) in [5.41, 5.74) is 1.79. The van der Waals surface area contributed by atoms with Crippen molar-refractivity contribution < 1.29 is 8.42 Å². The van der Waals surface area contributed by atoms with E-state index in [0.29, 0.717) is 11.6 Å². The predicted molar refractivity (Wildman–Crippen MR) is 81.4 cm³/mol. The molecule has 1 aliphatic heterocycles. The van der Waals surface area contributed by atoms with E-state index in [-0.39, 0.29) is 0 Å². The maximum absolute atomic E-state index is 11.2. The molecule has 4 rings (SSSR count). The van der Waals surface area contributed by atoms with Crippen molar-refractivity contribution in [2.45, 2.75) is 25.2 Å². The largest absolute Gasteiger partial charge is 0.316 e. The molecule has 2 aliphatic carbocycles. The Balaban J connectivity index is 0.000000251. The Hall–Kier alpha value is -1.07. The smallest absolute Gasteiger partial charge is 0.229 e. The molecule has 1 saturated heterocycles. The van der Waals surface area contributed by atoms with Gasteiger partial charge in [0, 0.05) is 6.54 Å². The van der Waals surface area contributed by atoms with Gasteiger partial charge in [0.1, 0.15) is 0 Å². The van der Waals surface area contributed by atoms with E-state index in [1.54, 1.807) is 12.8 Å². The van der Waals surface area contributed by atoms with Gasteiger partial charge >= 0.3 is 0 Å². The minimum atomic E-state index is -3.20. The summed E-state index contributed by atoms with van der Waals surface area (Å²) < 4.78 is 25.1. The fourth-order valence-corrected chi connectivity index (χ4v) is 3.20. The molecule has 5 heteroatoms. The van der Waals surface area contributed by atoms with Crippen LogP contribution in [-0.2, 0) is 10.0 Å².